The van der Waals surface area contributed by atoms with Gasteiger partial charge in [-0.2, -0.15) is 5.10 Å². The number of hydrazone groups is 1. The number of aromatic nitrogens is 8. The second-order valence-electron chi connectivity index (χ2n) is 29.1. The number of benzene rings is 12. The minimum atomic E-state index is -0.152. The predicted molar refractivity (Wildman–Crippen MR) is 473 cm³/mol. The van der Waals surface area contributed by atoms with Crippen molar-refractivity contribution in [1.82, 2.24) is 37.5 Å². The van der Waals surface area contributed by atoms with Crippen LogP contribution in [0.5, 0.6) is 0 Å². The summed E-state index contributed by atoms with van der Waals surface area (Å²) in [5.74, 6) is 0. The van der Waals surface area contributed by atoms with Crippen molar-refractivity contribution in [2.45, 2.75) is 0 Å². The van der Waals surface area contributed by atoms with Crippen LogP contribution in [0.2, 0.25) is 0 Å². The van der Waals surface area contributed by atoms with Crippen LogP contribution in [0.3, 0.4) is 0 Å². The lowest BCUT2D eigenvalue weighted by Crippen LogP contribution is -2.14. The van der Waals surface area contributed by atoms with E-state index in [1.807, 2.05) is 225 Å². The molecular formula is C102H63N11O4. The van der Waals surface area contributed by atoms with Crippen molar-refractivity contribution >= 4 is 83.3 Å². The Balaban J connectivity index is 0.808. The van der Waals surface area contributed by atoms with E-state index in [1.54, 1.807) is 23.7 Å². The third-order valence-electron chi connectivity index (χ3n) is 22.2. The number of fused-ring (bicyclic) bond motifs is 8. The van der Waals surface area contributed by atoms with Crippen LogP contribution >= 0.6 is 0 Å². The van der Waals surface area contributed by atoms with E-state index in [4.69, 9.17) is 25.3 Å². The van der Waals surface area contributed by atoms with Gasteiger partial charge in [-0.05, 0) is 280 Å². The van der Waals surface area contributed by atoms with Gasteiger partial charge in [0.2, 0.25) is 0 Å². The van der Waals surface area contributed by atoms with Crippen LogP contribution in [-0.4, -0.2) is 49.0 Å². The lowest BCUT2D eigenvalue weighted by atomic mass is 9.82. The first-order valence-electron chi connectivity index (χ1n) is 38.4. The Morgan fingerprint density at radius 2 is 0.521 bits per heavy atom. The highest BCUT2D eigenvalue weighted by Gasteiger charge is 2.24. The number of hydrogen-bond acceptors (Lipinski definition) is 11. The Bertz CT molecular complexity index is 7200. The topological polar surface area (TPSA) is 186 Å². The number of allylic oxidation sites excluding steroid dienone is 4. The SMILES string of the molecule is N=C1C=CC=C/C1=N/Nc1ccc(-c2c(-c3cc(-c4ccccc4-c4ccn5c(=O)c6ccccc6nc5c4)cc(-c4ccccc4-c4ccn5c(=O)c6ccccc6nc5c4)c3)cccc2-c2cc(-c3ccccc3-c3ccn4c(=O)c5ccccc5nc4c3)cc(-c3ccccc3-c3ccn4c(=O)c5ccccc5nc4c3)c2)cc1. The van der Waals surface area contributed by atoms with Crippen LogP contribution < -0.4 is 27.7 Å². The lowest BCUT2D eigenvalue weighted by molar-refractivity contribution is 1.08. The van der Waals surface area contributed by atoms with Crippen LogP contribution in [0, 0.1) is 5.41 Å². The first-order valence-corrected chi connectivity index (χ1v) is 38.4. The van der Waals surface area contributed by atoms with Crippen LogP contribution in [-0.2, 0) is 0 Å². The van der Waals surface area contributed by atoms with E-state index >= 15 is 0 Å². The molecule has 0 atom stereocenters. The Kier molecular flexibility index (Phi) is 16.6. The fourth-order valence-electron chi connectivity index (χ4n) is 16.6. The van der Waals surface area contributed by atoms with Crippen molar-refractivity contribution in [2.75, 3.05) is 5.43 Å². The predicted octanol–water partition coefficient (Wildman–Crippen LogP) is 21.6. The largest absolute Gasteiger partial charge is 0.299 e. The third-order valence-corrected chi connectivity index (χ3v) is 22.2. The molecule has 8 aromatic heterocycles. The summed E-state index contributed by atoms with van der Waals surface area (Å²) in [6.45, 7) is 0. The standard InChI is InChI=1S/C102H63N11O4/c103-88-34-13-18-39-93(88)109-108-73-42-40-62(41-43-73)98-82(71-54-67(78-24-5-1-20-74(78)63-44-48-110-94(58-63)104-89-35-14-9-28-84(89)99(110)114)52-68(55-71)79-25-6-2-21-75(79)64-45-49-111-95(59-64)105-90-36-15-10-29-85(90)100(111)115)32-19-33-83(98)72-56-69(80-26-7-3-22-76(80)65-46-50-112-96(60-65)106-91-37-16-11-30-86(91)101(112)116)53-70(57-72)81-27-8-4-23-77(81)66-47-51-113-97(61-66)107-92-38-17-12-31-87(92)102(113)117/h1-61,103,108H/b103-88?,109-93-. The monoisotopic (exact) mass is 1510 g/mol. The maximum atomic E-state index is 14.1. The van der Waals surface area contributed by atoms with Gasteiger partial charge in [0.25, 0.3) is 22.2 Å². The number of hydrogen-bond donors (Lipinski definition) is 2. The average Bonchev–Trinajstić information content (AvgIpc) is 0.762. The summed E-state index contributed by atoms with van der Waals surface area (Å²) in [5, 5.41) is 15.5. The molecule has 1 aliphatic carbocycles. The van der Waals surface area contributed by atoms with Gasteiger partial charge >= 0.3 is 0 Å². The number of rotatable bonds is 13. The Labute approximate surface area is 667 Å². The van der Waals surface area contributed by atoms with Gasteiger partial charge in [0.1, 0.15) is 28.3 Å². The van der Waals surface area contributed by atoms with E-state index in [9.17, 15) is 19.2 Å². The summed E-state index contributed by atoms with van der Waals surface area (Å²) in [4.78, 5) is 76.6. The average molecular weight is 1510 g/mol. The molecule has 12 aromatic carbocycles. The zero-order valence-electron chi connectivity index (χ0n) is 62.4. The summed E-state index contributed by atoms with van der Waals surface area (Å²) >= 11 is 0. The van der Waals surface area contributed by atoms with Gasteiger partial charge < -0.3 is 0 Å². The number of pyridine rings is 4. The summed E-state index contributed by atoms with van der Waals surface area (Å²) in [6.07, 6.45) is 14.5. The quantitative estimate of drug-likeness (QED) is 0.0644. The van der Waals surface area contributed by atoms with Crippen LogP contribution in [0.15, 0.2) is 395 Å². The van der Waals surface area contributed by atoms with E-state index in [2.05, 4.69) is 150 Å². The molecule has 1 aliphatic rings. The zero-order chi connectivity index (χ0) is 78.4. The molecule has 0 saturated carbocycles. The summed E-state index contributed by atoms with van der Waals surface area (Å²) in [6, 6.07) is 107. The smallest absolute Gasteiger partial charge is 0.265 e. The molecule has 0 spiro atoms. The van der Waals surface area contributed by atoms with E-state index in [0.717, 1.165) is 122 Å². The van der Waals surface area contributed by atoms with Gasteiger partial charge in [-0.3, -0.25) is 47.6 Å². The highest BCUT2D eigenvalue weighted by molar-refractivity contribution is 6.50. The van der Waals surface area contributed by atoms with Gasteiger partial charge in [0.15, 0.2) is 0 Å². The summed E-state index contributed by atoms with van der Waals surface area (Å²) < 4.78 is 6.42. The number of para-hydroxylation sites is 4. The molecule has 0 amide bonds. The Morgan fingerprint density at radius 1 is 0.256 bits per heavy atom. The third kappa shape index (κ3) is 12.2. The van der Waals surface area contributed by atoms with Crippen molar-refractivity contribution < 1.29 is 0 Å². The van der Waals surface area contributed by atoms with Crippen molar-refractivity contribution in [2.24, 2.45) is 5.10 Å². The van der Waals surface area contributed by atoms with Gasteiger partial charge in [0, 0.05) is 24.8 Å². The Morgan fingerprint density at radius 3 is 0.829 bits per heavy atom. The van der Waals surface area contributed by atoms with Crippen molar-refractivity contribution in [1.29, 1.82) is 5.41 Å². The molecule has 8 heterocycles. The molecule has 0 unspecified atom stereocenters. The van der Waals surface area contributed by atoms with E-state index in [0.29, 0.717) is 83.3 Å². The zero-order valence-corrected chi connectivity index (χ0v) is 62.4. The molecule has 0 radical (unpaired) electrons. The second kappa shape index (κ2) is 28.2. The molecule has 15 nitrogen and oxygen atoms in total. The minimum Gasteiger partial charge on any atom is -0.299 e. The van der Waals surface area contributed by atoms with E-state index < -0.39 is 0 Å². The molecular weight excluding hydrogens is 1440 g/mol. The number of anilines is 1. The summed E-state index contributed by atoms with van der Waals surface area (Å²) in [5.41, 5.74) is 28.5. The minimum absolute atomic E-state index is 0.152. The van der Waals surface area contributed by atoms with Crippen LogP contribution in [0.4, 0.5) is 5.69 Å². The molecule has 15 heteroatoms. The van der Waals surface area contributed by atoms with Gasteiger partial charge in [-0.25, -0.2) is 19.9 Å². The van der Waals surface area contributed by atoms with E-state index in [-0.39, 0.29) is 22.2 Å². The second-order valence-corrected chi connectivity index (χ2v) is 29.1. The Hall–Kier alpha value is -16.3. The van der Waals surface area contributed by atoms with E-state index in [1.165, 1.54) is 0 Å². The molecule has 0 aliphatic heterocycles. The van der Waals surface area contributed by atoms with Crippen molar-refractivity contribution in [3.8, 4) is 122 Å². The molecule has 2 N–H and O–H groups in total. The highest BCUT2D eigenvalue weighted by atomic mass is 16.1. The fraction of sp³-hybridized carbons (Fsp3) is 0. The summed E-state index contributed by atoms with van der Waals surface area (Å²) in [7, 11) is 0. The maximum absolute atomic E-state index is 14.1. The van der Waals surface area contributed by atoms with Crippen LogP contribution in [0.25, 0.3) is 189 Å². The van der Waals surface area contributed by atoms with Crippen molar-refractivity contribution in [3.63, 3.8) is 0 Å². The van der Waals surface area contributed by atoms with Crippen LogP contribution in [0.1, 0.15) is 0 Å². The van der Waals surface area contributed by atoms with Gasteiger partial charge in [-0.1, -0.05) is 188 Å². The molecule has 21 rings (SSSR count). The lowest BCUT2D eigenvalue weighted by Gasteiger charge is -2.21. The maximum Gasteiger partial charge on any atom is 0.265 e. The highest BCUT2D eigenvalue weighted by Crippen LogP contribution is 2.48. The first kappa shape index (κ1) is 68.7. The molecule has 117 heavy (non-hydrogen) atoms. The first-order chi connectivity index (χ1) is 57.5. The molecule has 20 aromatic rings. The van der Waals surface area contributed by atoms with Crippen molar-refractivity contribution in [3.05, 3.63) is 412 Å². The molecule has 0 bridgehead atoms. The number of nitrogens with zero attached hydrogens (tertiary/aromatic N) is 9. The molecule has 550 valence electrons. The normalized spacial score (nSPS) is 12.5. The number of nitrogens with one attached hydrogen (secondary N) is 2. The molecule has 0 saturated heterocycles. The fourth-order valence-corrected chi connectivity index (χ4v) is 16.6. The van der Waals surface area contributed by atoms with Gasteiger partial charge in [0.05, 0.1) is 55.0 Å². The van der Waals surface area contributed by atoms with Gasteiger partial charge in [-0.15, -0.1) is 0 Å². The molecule has 0 fully saturated rings.